The van der Waals surface area contributed by atoms with Gasteiger partial charge in [-0.15, -0.1) is 0 Å². The minimum Gasteiger partial charge on any atom is -0.399 e. The van der Waals surface area contributed by atoms with E-state index in [2.05, 4.69) is 9.80 Å². The molecule has 2 aliphatic heterocycles. The van der Waals surface area contributed by atoms with Crippen molar-refractivity contribution in [3.05, 3.63) is 54.1 Å². The number of nitrogens with zero attached hydrogens (tertiary/aromatic N) is 2. The van der Waals surface area contributed by atoms with E-state index in [1.165, 1.54) is 25.9 Å². The van der Waals surface area contributed by atoms with Gasteiger partial charge in [-0.1, -0.05) is 24.3 Å². The Morgan fingerprint density at radius 2 is 1.50 bits per heavy atom. The lowest BCUT2D eigenvalue weighted by molar-refractivity contribution is 0.0709. The van der Waals surface area contributed by atoms with Gasteiger partial charge in [0.25, 0.3) is 5.91 Å². The van der Waals surface area contributed by atoms with Crippen LogP contribution in [0.25, 0.3) is 11.1 Å². The lowest BCUT2D eigenvalue weighted by Gasteiger charge is -2.28. The minimum absolute atomic E-state index is 0.176. The number of carbonyl (C=O) groups excluding carboxylic acids is 1. The van der Waals surface area contributed by atoms with E-state index < -0.39 is 0 Å². The molecule has 2 fully saturated rings. The molecule has 2 aliphatic rings. The first-order valence-corrected chi connectivity index (χ1v) is 9.70. The van der Waals surface area contributed by atoms with Gasteiger partial charge in [0.15, 0.2) is 0 Å². The number of hydrogen-bond acceptors (Lipinski definition) is 3. The summed E-state index contributed by atoms with van der Waals surface area (Å²) in [6.45, 7) is 4.30. The third-order valence-corrected chi connectivity index (χ3v) is 5.68. The SMILES string of the molecule is Nc1ccc(-c2ccc(C(=O)N3CCCC3CN3CCCC3)cc2)cc1. The Kier molecular flexibility index (Phi) is 4.93. The van der Waals surface area contributed by atoms with Crippen LogP contribution in [0.2, 0.25) is 0 Å². The Bertz CT molecular complexity index is 748. The summed E-state index contributed by atoms with van der Waals surface area (Å²) in [6.07, 6.45) is 4.85. The molecule has 1 amide bonds. The fourth-order valence-electron chi connectivity index (χ4n) is 4.20. The smallest absolute Gasteiger partial charge is 0.254 e. The summed E-state index contributed by atoms with van der Waals surface area (Å²) >= 11 is 0. The van der Waals surface area contributed by atoms with Gasteiger partial charge in [0.1, 0.15) is 0 Å². The van der Waals surface area contributed by atoms with Gasteiger partial charge in [-0.05, 0) is 74.2 Å². The van der Waals surface area contributed by atoms with Gasteiger partial charge in [0, 0.05) is 30.4 Å². The van der Waals surface area contributed by atoms with Crippen molar-refractivity contribution in [2.45, 2.75) is 31.7 Å². The molecule has 1 atom stereocenters. The van der Waals surface area contributed by atoms with Crippen LogP contribution in [-0.4, -0.2) is 47.9 Å². The molecule has 26 heavy (non-hydrogen) atoms. The molecule has 2 aromatic carbocycles. The van der Waals surface area contributed by atoms with E-state index in [9.17, 15) is 4.79 Å². The highest BCUT2D eigenvalue weighted by molar-refractivity contribution is 5.95. The lowest BCUT2D eigenvalue weighted by Crippen LogP contribution is -2.42. The summed E-state index contributed by atoms with van der Waals surface area (Å²) in [5.41, 5.74) is 9.53. The Balaban J connectivity index is 1.46. The molecular formula is C22H27N3O. The van der Waals surface area contributed by atoms with Gasteiger partial charge in [-0.2, -0.15) is 0 Å². The van der Waals surface area contributed by atoms with Crippen molar-refractivity contribution in [3.8, 4) is 11.1 Å². The minimum atomic E-state index is 0.176. The van der Waals surface area contributed by atoms with Crippen LogP contribution in [0.4, 0.5) is 5.69 Å². The maximum absolute atomic E-state index is 13.0. The molecule has 4 nitrogen and oxygen atoms in total. The number of rotatable bonds is 4. The highest BCUT2D eigenvalue weighted by Gasteiger charge is 2.31. The van der Waals surface area contributed by atoms with Crippen LogP contribution < -0.4 is 5.73 Å². The van der Waals surface area contributed by atoms with Gasteiger partial charge in [0.05, 0.1) is 0 Å². The molecule has 0 aromatic heterocycles. The van der Waals surface area contributed by atoms with Crippen LogP contribution >= 0.6 is 0 Å². The molecule has 0 spiro atoms. The Hall–Kier alpha value is -2.33. The van der Waals surface area contributed by atoms with Crippen LogP contribution in [0.15, 0.2) is 48.5 Å². The second kappa shape index (κ2) is 7.50. The van der Waals surface area contributed by atoms with Gasteiger partial charge < -0.3 is 15.5 Å². The molecule has 0 bridgehead atoms. The standard InChI is InChI=1S/C22H27N3O/c23-20-11-9-18(10-12-20)17-5-7-19(8-6-17)22(26)25-15-3-4-21(25)16-24-13-1-2-14-24/h5-12,21H,1-4,13-16,23H2. The van der Waals surface area contributed by atoms with E-state index in [1.807, 2.05) is 48.5 Å². The predicted octanol–water partition coefficient (Wildman–Crippen LogP) is 3.64. The molecule has 2 N–H and O–H groups in total. The van der Waals surface area contributed by atoms with Crippen LogP contribution in [0.5, 0.6) is 0 Å². The molecule has 2 saturated heterocycles. The molecule has 2 aromatic rings. The quantitative estimate of drug-likeness (QED) is 0.858. The maximum atomic E-state index is 13.0. The largest absolute Gasteiger partial charge is 0.399 e. The Labute approximate surface area is 155 Å². The van der Waals surface area contributed by atoms with Gasteiger partial charge in [0.2, 0.25) is 0 Å². The molecule has 0 radical (unpaired) electrons. The van der Waals surface area contributed by atoms with Crippen LogP contribution in [0, 0.1) is 0 Å². The van der Waals surface area contributed by atoms with E-state index >= 15 is 0 Å². The highest BCUT2D eigenvalue weighted by Crippen LogP contribution is 2.25. The van der Waals surface area contributed by atoms with Crippen molar-refractivity contribution in [1.29, 1.82) is 0 Å². The van der Waals surface area contributed by atoms with Crippen LogP contribution in [0.3, 0.4) is 0 Å². The second-order valence-electron chi connectivity index (χ2n) is 7.50. The number of nitrogen functional groups attached to an aromatic ring is 1. The molecule has 4 rings (SSSR count). The second-order valence-corrected chi connectivity index (χ2v) is 7.50. The lowest BCUT2D eigenvalue weighted by atomic mass is 10.0. The molecule has 0 saturated carbocycles. The average molecular weight is 349 g/mol. The summed E-state index contributed by atoms with van der Waals surface area (Å²) < 4.78 is 0. The average Bonchev–Trinajstić information content (AvgIpc) is 3.34. The van der Waals surface area contributed by atoms with Crippen molar-refractivity contribution in [2.75, 3.05) is 31.9 Å². The first-order valence-electron chi connectivity index (χ1n) is 9.70. The van der Waals surface area contributed by atoms with Crippen molar-refractivity contribution < 1.29 is 4.79 Å². The van der Waals surface area contributed by atoms with Gasteiger partial charge in [-0.3, -0.25) is 4.79 Å². The molecule has 0 aliphatic carbocycles. The summed E-state index contributed by atoms with van der Waals surface area (Å²) in [7, 11) is 0. The summed E-state index contributed by atoms with van der Waals surface area (Å²) in [4.78, 5) is 17.6. The number of likely N-dealkylation sites (tertiary alicyclic amines) is 2. The van der Waals surface area contributed by atoms with E-state index in [0.717, 1.165) is 48.3 Å². The number of nitrogens with two attached hydrogens (primary N) is 1. The Morgan fingerprint density at radius 1 is 0.885 bits per heavy atom. The molecular weight excluding hydrogens is 322 g/mol. The third kappa shape index (κ3) is 3.61. The first kappa shape index (κ1) is 17.1. The normalized spacial score (nSPS) is 20.6. The zero-order valence-corrected chi connectivity index (χ0v) is 15.2. The summed E-state index contributed by atoms with van der Waals surface area (Å²) in [5.74, 6) is 0.176. The van der Waals surface area contributed by atoms with E-state index in [1.54, 1.807) is 0 Å². The monoisotopic (exact) mass is 349 g/mol. The molecule has 136 valence electrons. The topological polar surface area (TPSA) is 49.6 Å². The highest BCUT2D eigenvalue weighted by atomic mass is 16.2. The zero-order valence-electron chi connectivity index (χ0n) is 15.2. The third-order valence-electron chi connectivity index (χ3n) is 5.68. The van der Waals surface area contributed by atoms with Crippen molar-refractivity contribution in [3.63, 3.8) is 0 Å². The number of benzene rings is 2. The van der Waals surface area contributed by atoms with Crippen LogP contribution in [-0.2, 0) is 0 Å². The fraction of sp³-hybridized carbons (Fsp3) is 0.409. The Morgan fingerprint density at radius 3 is 2.15 bits per heavy atom. The number of hydrogen-bond donors (Lipinski definition) is 1. The molecule has 4 heteroatoms. The van der Waals surface area contributed by atoms with E-state index in [4.69, 9.17) is 5.73 Å². The van der Waals surface area contributed by atoms with E-state index in [-0.39, 0.29) is 5.91 Å². The van der Waals surface area contributed by atoms with Gasteiger partial charge in [-0.25, -0.2) is 0 Å². The summed E-state index contributed by atoms with van der Waals surface area (Å²) in [5, 5.41) is 0. The van der Waals surface area contributed by atoms with Gasteiger partial charge >= 0.3 is 0 Å². The zero-order chi connectivity index (χ0) is 17.9. The first-order chi connectivity index (χ1) is 12.7. The number of anilines is 1. The predicted molar refractivity (Wildman–Crippen MR) is 106 cm³/mol. The molecule has 2 heterocycles. The maximum Gasteiger partial charge on any atom is 0.254 e. The summed E-state index contributed by atoms with van der Waals surface area (Å²) in [6, 6.07) is 16.2. The fourth-order valence-corrected chi connectivity index (χ4v) is 4.20. The van der Waals surface area contributed by atoms with Crippen molar-refractivity contribution in [1.82, 2.24) is 9.80 Å². The van der Waals surface area contributed by atoms with Crippen LogP contribution in [0.1, 0.15) is 36.0 Å². The number of carbonyl (C=O) groups is 1. The van der Waals surface area contributed by atoms with Crippen molar-refractivity contribution >= 4 is 11.6 Å². The van der Waals surface area contributed by atoms with Crippen molar-refractivity contribution in [2.24, 2.45) is 0 Å². The molecule has 1 unspecified atom stereocenters. The van der Waals surface area contributed by atoms with E-state index in [0.29, 0.717) is 6.04 Å². The number of amides is 1.